The topological polar surface area (TPSA) is 101 Å². The molecule has 0 atom stereocenters. The smallest absolute Gasteiger partial charge is 0.270 e. The van der Waals surface area contributed by atoms with Crippen LogP contribution in [0.25, 0.3) is 0 Å². The van der Waals surface area contributed by atoms with Gasteiger partial charge in [-0.2, -0.15) is 0 Å². The fraction of sp³-hybridized carbons (Fsp3) is 0.769. The second-order valence-corrected chi connectivity index (χ2v) is 8.69. The zero-order valence-corrected chi connectivity index (χ0v) is 14.5. The number of rotatable bonds is 5. The highest BCUT2D eigenvalue weighted by molar-refractivity contribution is 7.91. The quantitative estimate of drug-likeness (QED) is 0.628. The molecule has 1 fully saturated rings. The molecule has 0 bridgehead atoms. The highest BCUT2D eigenvalue weighted by Gasteiger charge is 2.25. The van der Waals surface area contributed by atoms with E-state index in [2.05, 4.69) is 20.2 Å². The van der Waals surface area contributed by atoms with Crippen LogP contribution in [0.3, 0.4) is 0 Å². The Kier molecular flexibility index (Phi) is 5.87. The molecule has 9 heteroatoms. The van der Waals surface area contributed by atoms with E-state index < -0.39 is 10.0 Å². The van der Waals surface area contributed by atoms with Crippen LogP contribution in [0.1, 0.15) is 52.4 Å². The van der Waals surface area contributed by atoms with E-state index >= 15 is 0 Å². The van der Waals surface area contributed by atoms with Crippen molar-refractivity contribution in [3.63, 3.8) is 0 Å². The second-order valence-electron chi connectivity index (χ2n) is 5.83. The molecule has 7 nitrogen and oxygen atoms in total. The summed E-state index contributed by atoms with van der Waals surface area (Å²) in [5, 5.41) is 10.2. The monoisotopic (exact) mass is 346 g/mol. The van der Waals surface area contributed by atoms with Crippen LogP contribution in [0.4, 0.5) is 5.13 Å². The lowest BCUT2D eigenvalue weighted by Crippen LogP contribution is -2.34. The number of carbonyl (C=O) groups excluding carboxylic acids is 1. The lowest BCUT2D eigenvalue weighted by Gasteiger charge is -2.14. The number of hydrogen-bond acceptors (Lipinski definition) is 6. The van der Waals surface area contributed by atoms with Crippen molar-refractivity contribution in [2.24, 2.45) is 5.92 Å². The highest BCUT2D eigenvalue weighted by Crippen LogP contribution is 2.23. The van der Waals surface area contributed by atoms with Crippen LogP contribution in [-0.4, -0.2) is 30.6 Å². The van der Waals surface area contributed by atoms with E-state index in [1.807, 2.05) is 0 Å². The van der Waals surface area contributed by atoms with Crippen molar-refractivity contribution in [3.05, 3.63) is 0 Å². The Labute approximate surface area is 135 Å². The van der Waals surface area contributed by atoms with Gasteiger partial charge in [-0.05, 0) is 12.8 Å². The summed E-state index contributed by atoms with van der Waals surface area (Å²) in [4.78, 5) is 11.6. The largest absolute Gasteiger partial charge is 0.300 e. The molecule has 1 aliphatic rings. The van der Waals surface area contributed by atoms with E-state index in [-0.39, 0.29) is 27.3 Å². The number of sulfonamides is 1. The molecule has 1 aromatic heterocycles. The third-order valence-electron chi connectivity index (χ3n) is 3.57. The first kappa shape index (κ1) is 17.3. The molecule has 0 saturated heterocycles. The minimum atomic E-state index is -3.67. The first-order chi connectivity index (χ1) is 10.4. The molecule has 1 aromatic rings. The van der Waals surface area contributed by atoms with Gasteiger partial charge in [0.2, 0.25) is 15.4 Å². The number of amides is 1. The number of nitrogens with one attached hydrogen (secondary N) is 2. The van der Waals surface area contributed by atoms with E-state index in [9.17, 15) is 13.2 Å². The lowest BCUT2D eigenvalue weighted by atomic mass is 10.1. The van der Waals surface area contributed by atoms with Crippen LogP contribution < -0.4 is 10.0 Å². The van der Waals surface area contributed by atoms with Crippen LogP contribution in [0.5, 0.6) is 0 Å². The van der Waals surface area contributed by atoms with Gasteiger partial charge in [-0.3, -0.25) is 4.79 Å². The third kappa shape index (κ3) is 4.72. The first-order valence-corrected chi connectivity index (χ1v) is 9.85. The summed E-state index contributed by atoms with van der Waals surface area (Å²) >= 11 is 0.875. The maximum absolute atomic E-state index is 12.3. The molecule has 1 amide bonds. The van der Waals surface area contributed by atoms with Gasteiger partial charge < -0.3 is 5.32 Å². The van der Waals surface area contributed by atoms with Gasteiger partial charge in [0.15, 0.2) is 0 Å². The van der Waals surface area contributed by atoms with Gasteiger partial charge in [-0.15, -0.1) is 10.2 Å². The van der Waals surface area contributed by atoms with E-state index in [4.69, 9.17) is 0 Å². The van der Waals surface area contributed by atoms with Gasteiger partial charge in [0.25, 0.3) is 10.0 Å². The summed E-state index contributed by atoms with van der Waals surface area (Å²) in [7, 11) is -3.67. The lowest BCUT2D eigenvalue weighted by molar-refractivity contribution is -0.118. The third-order valence-corrected chi connectivity index (χ3v) is 6.29. The maximum atomic E-state index is 12.3. The summed E-state index contributed by atoms with van der Waals surface area (Å²) in [5.41, 5.74) is 0. The van der Waals surface area contributed by atoms with Crippen molar-refractivity contribution >= 4 is 32.4 Å². The van der Waals surface area contributed by atoms with Crippen molar-refractivity contribution in [1.82, 2.24) is 14.9 Å². The fourth-order valence-electron chi connectivity index (χ4n) is 2.29. The van der Waals surface area contributed by atoms with E-state index in [0.29, 0.717) is 0 Å². The molecule has 0 unspecified atom stereocenters. The average molecular weight is 346 g/mol. The summed E-state index contributed by atoms with van der Waals surface area (Å²) in [6.07, 6.45) is 6.10. The molecule has 0 aromatic carbocycles. The average Bonchev–Trinajstić information content (AvgIpc) is 2.77. The molecule has 22 heavy (non-hydrogen) atoms. The molecule has 124 valence electrons. The van der Waals surface area contributed by atoms with Gasteiger partial charge in [-0.1, -0.05) is 50.9 Å². The molecule has 2 N–H and O–H groups in total. The predicted molar refractivity (Wildman–Crippen MR) is 85.2 cm³/mol. The zero-order valence-electron chi connectivity index (χ0n) is 12.8. The summed E-state index contributed by atoms with van der Waals surface area (Å²) < 4.78 is 27.3. The van der Waals surface area contributed by atoms with Crippen molar-refractivity contribution in [2.75, 3.05) is 5.32 Å². The number of aromatic nitrogens is 2. The van der Waals surface area contributed by atoms with Crippen LogP contribution in [0, 0.1) is 5.92 Å². The number of anilines is 1. The van der Waals surface area contributed by atoms with Crippen LogP contribution in [-0.2, 0) is 14.8 Å². The number of hydrogen-bond donors (Lipinski definition) is 2. The molecule has 1 saturated carbocycles. The Bertz CT molecular complexity index is 605. The Balaban J connectivity index is 2.03. The fourth-order valence-corrected chi connectivity index (χ4v) is 4.51. The van der Waals surface area contributed by atoms with Gasteiger partial charge >= 0.3 is 0 Å². The van der Waals surface area contributed by atoms with Gasteiger partial charge in [0.05, 0.1) is 0 Å². The summed E-state index contributed by atoms with van der Waals surface area (Å²) in [6, 6.07) is -0.0369. The SMILES string of the molecule is CC(C)C(=O)Nc1nnc(S(=O)(=O)NC2CCCCCC2)s1. The molecule has 0 radical (unpaired) electrons. The molecular formula is C13H22N4O3S2. The van der Waals surface area contributed by atoms with Crippen LogP contribution >= 0.6 is 11.3 Å². The van der Waals surface area contributed by atoms with E-state index in [1.54, 1.807) is 13.8 Å². The second kappa shape index (κ2) is 7.47. The van der Waals surface area contributed by atoms with Crippen molar-refractivity contribution in [2.45, 2.75) is 62.8 Å². The minimum Gasteiger partial charge on any atom is -0.300 e. The Morgan fingerprint density at radius 2 is 1.82 bits per heavy atom. The minimum absolute atomic E-state index is 0.0369. The summed E-state index contributed by atoms with van der Waals surface area (Å²) in [6.45, 7) is 3.50. The van der Waals surface area contributed by atoms with Crippen molar-refractivity contribution < 1.29 is 13.2 Å². The summed E-state index contributed by atoms with van der Waals surface area (Å²) in [5.74, 6) is -0.412. The number of carbonyl (C=O) groups is 1. The van der Waals surface area contributed by atoms with Gasteiger partial charge in [0.1, 0.15) is 0 Å². The van der Waals surface area contributed by atoms with Gasteiger partial charge in [-0.25, -0.2) is 13.1 Å². The Morgan fingerprint density at radius 3 is 2.41 bits per heavy atom. The van der Waals surface area contributed by atoms with Crippen LogP contribution in [0.2, 0.25) is 0 Å². The van der Waals surface area contributed by atoms with Gasteiger partial charge in [0, 0.05) is 12.0 Å². The molecule has 1 aliphatic carbocycles. The first-order valence-electron chi connectivity index (χ1n) is 7.55. The van der Waals surface area contributed by atoms with E-state index in [0.717, 1.165) is 49.9 Å². The van der Waals surface area contributed by atoms with Crippen molar-refractivity contribution in [3.8, 4) is 0 Å². The standard InChI is InChI=1S/C13H22N4O3S2/c1-9(2)11(18)14-12-15-16-13(21-12)22(19,20)17-10-7-5-3-4-6-8-10/h9-10,17H,3-8H2,1-2H3,(H,14,15,18). The van der Waals surface area contributed by atoms with E-state index in [1.165, 1.54) is 0 Å². The highest BCUT2D eigenvalue weighted by atomic mass is 32.2. The number of nitrogens with zero attached hydrogens (tertiary/aromatic N) is 2. The Hall–Kier alpha value is -1.06. The molecule has 2 rings (SSSR count). The predicted octanol–water partition coefficient (Wildman–Crippen LogP) is 2.13. The van der Waals surface area contributed by atoms with Crippen molar-refractivity contribution in [1.29, 1.82) is 0 Å². The Morgan fingerprint density at radius 1 is 1.18 bits per heavy atom. The molecule has 0 aliphatic heterocycles. The van der Waals surface area contributed by atoms with Crippen LogP contribution in [0.15, 0.2) is 4.34 Å². The molecule has 0 spiro atoms. The molecular weight excluding hydrogens is 324 g/mol. The normalized spacial score (nSPS) is 17.4. The maximum Gasteiger partial charge on any atom is 0.270 e. The zero-order chi connectivity index (χ0) is 16.2. The molecule has 1 heterocycles.